The van der Waals surface area contributed by atoms with Crippen LogP contribution < -0.4 is 9.47 Å². The molecule has 4 rings (SSSR count). The van der Waals surface area contributed by atoms with Crippen molar-refractivity contribution in [2.45, 2.75) is 38.6 Å². The van der Waals surface area contributed by atoms with Crippen LogP contribution in [0.15, 0.2) is 77.4 Å². The Morgan fingerprint density at radius 2 is 1.86 bits per heavy atom. The number of hydrogen-bond acceptors (Lipinski definition) is 6. The van der Waals surface area contributed by atoms with Gasteiger partial charge in [0, 0.05) is 6.54 Å². The lowest BCUT2D eigenvalue weighted by Gasteiger charge is -2.27. The molecule has 0 fully saturated rings. The van der Waals surface area contributed by atoms with E-state index in [-0.39, 0.29) is 11.4 Å². The third-order valence-corrected chi connectivity index (χ3v) is 7.15. The van der Waals surface area contributed by atoms with Crippen molar-refractivity contribution in [1.82, 2.24) is 4.90 Å². The fraction of sp³-hybridized carbons (Fsp3) is 0.310. The highest BCUT2D eigenvalue weighted by Crippen LogP contribution is 2.42. The number of nitrogens with zero attached hydrogens (tertiary/aromatic N) is 1. The molecule has 1 aliphatic heterocycles. The van der Waals surface area contributed by atoms with E-state index >= 15 is 0 Å². The summed E-state index contributed by atoms with van der Waals surface area (Å²) in [7, 11) is 1.57. The molecule has 1 unspecified atom stereocenters. The minimum atomic E-state index is -0.737. The number of aliphatic hydroxyl groups is 1. The number of thiophene rings is 1. The summed E-state index contributed by atoms with van der Waals surface area (Å²) in [6.45, 7) is 3.06. The quantitative estimate of drug-likeness (QED) is 0.236. The van der Waals surface area contributed by atoms with E-state index in [0.29, 0.717) is 41.5 Å². The molecule has 0 aliphatic carbocycles. The van der Waals surface area contributed by atoms with E-state index in [2.05, 4.69) is 6.92 Å². The van der Waals surface area contributed by atoms with Gasteiger partial charge in [-0.1, -0.05) is 62.2 Å². The largest absolute Gasteiger partial charge is 0.503 e. The Morgan fingerprint density at radius 1 is 1.06 bits per heavy atom. The van der Waals surface area contributed by atoms with Crippen molar-refractivity contribution in [3.8, 4) is 11.5 Å². The van der Waals surface area contributed by atoms with Gasteiger partial charge in [0.15, 0.2) is 17.3 Å². The minimum Gasteiger partial charge on any atom is -0.503 e. The van der Waals surface area contributed by atoms with Gasteiger partial charge in [0.2, 0.25) is 5.78 Å². The van der Waals surface area contributed by atoms with Crippen LogP contribution in [0.3, 0.4) is 0 Å². The smallest absolute Gasteiger partial charge is 0.290 e. The van der Waals surface area contributed by atoms with Crippen molar-refractivity contribution in [2.24, 2.45) is 0 Å². The lowest BCUT2D eigenvalue weighted by molar-refractivity contribution is -0.129. The molecule has 2 aromatic carbocycles. The normalized spacial score (nSPS) is 15.4. The molecule has 7 heteroatoms. The summed E-state index contributed by atoms with van der Waals surface area (Å²) in [5.41, 5.74) is 1.84. The topological polar surface area (TPSA) is 76.1 Å². The fourth-order valence-electron chi connectivity index (χ4n) is 4.41. The predicted molar refractivity (Wildman–Crippen MR) is 141 cm³/mol. The number of benzene rings is 2. The molecular formula is C29H31NO5S. The first-order valence-electron chi connectivity index (χ1n) is 12.2. The molecule has 0 saturated heterocycles. The van der Waals surface area contributed by atoms with Crippen LogP contribution in [0.5, 0.6) is 11.5 Å². The van der Waals surface area contributed by atoms with Crippen LogP contribution in [0.1, 0.15) is 53.0 Å². The second-order valence-electron chi connectivity index (χ2n) is 8.67. The number of Topliss-reactive ketones (excluding diaryl/α,β-unsaturated/α-hetero) is 1. The number of amides is 1. The van der Waals surface area contributed by atoms with Gasteiger partial charge in [0.1, 0.15) is 0 Å². The van der Waals surface area contributed by atoms with Crippen molar-refractivity contribution in [3.05, 3.63) is 93.4 Å². The van der Waals surface area contributed by atoms with Gasteiger partial charge in [-0.25, -0.2) is 0 Å². The number of carbonyl (C=O) groups is 2. The van der Waals surface area contributed by atoms with E-state index in [1.807, 2.05) is 42.5 Å². The van der Waals surface area contributed by atoms with Gasteiger partial charge in [-0.15, -0.1) is 11.3 Å². The lowest BCUT2D eigenvalue weighted by Crippen LogP contribution is -2.33. The fourth-order valence-corrected chi connectivity index (χ4v) is 5.08. The summed E-state index contributed by atoms with van der Waals surface area (Å²) in [4.78, 5) is 28.7. The van der Waals surface area contributed by atoms with Crippen LogP contribution in [0.2, 0.25) is 0 Å². The SMILES string of the molecule is CCCCCOc1ccc(C2C(C(=O)c3cccs3)=C(O)C(=O)N2CCc2ccccc2)cc1OC. The highest BCUT2D eigenvalue weighted by Gasteiger charge is 2.44. The number of aliphatic hydroxyl groups excluding tert-OH is 1. The highest BCUT2D eigenvalue weighted by atomic mass is 32.1. The van der Waals surface area contributed by atoms with E-state index in [9.17, 15) is 14.7 Å². The van der Waals surface area contributed by atoms with Gasteiger partial charge in [0.25, 0.3) is 5.91 Å². The molecule has 1 N–H and O–H groups in total. The van der Waals surface area contributed by atoms with Crippen LogP contribution in [0.4, 0.5) is 0 Å². The van der Waals surface area contributed by atoms with Crippen molar-refractivity contribution in [3.63, 3.8) is 0 Å². The average Bonchev–Trinajstić information content (AvgIpc) is 3.53. The Morgan fingerprint density at radius 3 is 2.56 bits per heavy atom. The van der Waals surface area contributed by atoms with E-state index in [1.54, 1.807) is 35.6 Å². The van der Waals surface area contributed by atoms with Gasteiger partial charge in [-0.3, -0.25) is 9.59 Å². The van der Waals surface area contributed by atoms with Crippen molar-refractivity contribution in [1.29, 1.82) is 0 Å². The zero-order valence-corrected chi connectivity index (χ0v) is 21.4. The molecule has 0 radical (unpaired) electrons. The van der Waals surface area contributed by atoms with Crippen LogP contribution >= 0.6 is 11.3 Å². The van der Waals surface area contributed by atoms with Crippen molar-refractivity contribution >= 4 is 23.0 Å². The zero-order valence-electron chi connectivity index (χ0n) is 20.6. The summed E-state index contributed by atoms with van der Waals surface area (Å²) in [6, 6.07) is 18.0. The van der Waals surface area contributed by atoms with Gasteiger partial charge in [-0.2, -0.15) is 0 Å². The van der Waals surface area contributed by atoms with E-state index < -0.39 is 17.7 Å². The second kappa shape index (κ2) is 11.9. The molecular weight excluding hydrogens is 474 g/mol. The third-order valence-electron chi connectivity index (χ3n) is 6.29. The van der Waals surface area contributed by atoms with E-state index in [0.717, 1.165) is 24.8 Å². The molecule has 2 heterocycles. The lowest BCUT2D eigenvalue weighted by atomic mass is 9.95. The maximum atomic E-state index is 13.4. The van der Waals surface area contributed by atoms with Crippen LogP contribution in [-0.2, 0) is 11.2 Å². The molecule has 3 aromatic rings. The molecule has 1 aromatic heterocycles. The Hall–Kier alpha value is -3.58. The summed E-state index contributed by atoms with van der Waals surface area (Å²) >= 11 is 1.28. The number of ketones is 1. The van der Waals surface area contributed by atoms with Crippen LogP contribution in [-0.4, -0.2) is 42.0 Å². The predicted octanol–water partition coefficient (Wildman–Crippen LogP) is 6.15. The molecule has 1 aliphatic rings. The molecule has 188 valence electrons. The monoisotopic (exact) mass is 505 g/mol. The van der Waals surface area contributed by atoms with E-state index in [1.165, 1.54) is 11.3 Å². The molecule has 6 nitrogen and oxygen atoms in total. The summed E-state index contributed by atoms with van der Waals surface area (Å²) in [6.07, 6.45) is 3.72. The first-order chi connectivity index (χ1) is 17.5. The Labute approximate surface area is 215 Å². The van der Waals surface area contributed by atoms with Gasteiger partial charge < -0.3 is 19.5 Å². The molecule has 36 heavy (non-hydrogen) atoms. The number of hydrogen-bond donors (Lipinski definition) is 1. The average molecular weight is 506 g/mol. The molecule has 1 amide bonds. The van der Waals surface area contributed by atoms with E-state index in [4.69, 9.17) is 9.47 Å². The Kier molecular flexibility index (Phi) is 8.44. The highest BCUT2D eigenvalue weighted by molar-refractivity contribution is 7.12. The Balaban J connectivity index is 1.68. The maximum Gasteiger partial charge on any atom is 0.290 e. The van der Waals surface area contributed by atoms with Crippen molar-refractivity contribution < 1.29 is 24.2 Å². The number of rotatable bonds is 12. The molecule has 0 bridgehead atoms. The number of unbranched alkanes of at least 4 members (excludes halogenated alkanes) is 2. The standard InChI is InChI=1S/C29H31NO5S/c1-3-4-8-17-35-22-14-13-21(19-23(22)34-2)26-25(27(31)24-12-9-18-36-24)28(32)29(33)30(26)16-15-20-10-6-5-7-11-20/h5-7,9-14,18-19,26,32H,3-4,8,15-17H2,1-2H3. The van der Waals surface area contributed by atoms with Crippen molar-refractivity contribution in [2.75, 3.05) is 20.3 Å². The van der Waals surface area contributed by atoms with Crippen LogP contribution in [0.25, 0.3) is 0 Å². The maximum absolute atomic E-state index is 13.4. The summed E-state index contributed by atoms with van der Waals surface area (Å²) < 4.78 is 11.5. The summed E-state index contributed by atoms with van der Waals surface area (Å²) in [5, 5.41) is 12.7. The first kappa shape index (κ1) is 25.5. The second-order valence-corrected chi connectivity index (χ2v) is 9.62. The number of ether oxygens (including phenoxy) is 2. The third kappa shape index (κ3) is 5.46. The molecule has 0 saturated carbocycles. The molecule has 1 atom stereocenters. The summed E-state index contributed by atoms with van der Waals surface area (Å²) in [5.74, 6) is -0.257. The van der Waals surface area contributed by atoms with Gasteiger partial charge >= 0.3 is 0 Å². The van der Waals surface area contributed by atoms with Gasteiger partial charge in [0.05, 0.1) is 30.2 Å². The minimum absolute atomic E-state index is 0.0918. The first-order valence-corrected chi connectivity index (χ1v) is 13.1. The number of methoxy groups -OCH3 is 1. The Bertz CT molecular complexity index is 1220. The van der Waals surface area contributed by atoms with Crippen LogP contribution in [0, 0.1) is 0 Å². The van der Waals surface area contributed by atoms with Gasteiger partial charge in [-0.05, 0) is 47.5 Å². The zero-order chi connectivity index (χ0) is 25.5. The molecule has 0 spiro atoms. The number of carbonyl (C=O) groups excluding carboxylic acids is 2.